The van der Waals surface area contributed by atoms with Crippen LogP contribution in [0.5, 0.6) is 5.75 Å². The first kappa shape index (κ1) is 13.0. The van der Waals surface area contributed by atoms with Crippen LogP contribution in [0.15, 0.2) is 24.3 Å². The molecule has 0 heterocycles. The Labute approximate surface area is 99.1 Å². The van der Waals surface area contributed by atoms with Crippen molar-refractivity contribution in [1.29, 1.82) is 0 Å². The number of phenols is 1. The number of carboxylic acid groups (broad SMARTS) is 1. The van der Waals surface area contributed by atoms with Crippen LogP contribution in [0.4, 0.5) is 0 Å². The van der Waals surface area contributed by atoms with Crippen LogP contribution in [-0.2, 0) is 16.0 Å². The molecule has 0 aromatic heterocycles. The number of phenolic OH excluding ortho intramolecular Hbond substituents is 1. The zero-order valence-electron chi connectivity index (χ0n) is 9.51. The average molecular weight is 237 g/mol. The Kier molecular flexibility index (Phi) is 4.51. The summed E-state index contributed by atoms with van der Waals surface area (Å²) in [7, 11) is 0. The van der Waals surface area contributed by atoms with E-state index in [2.05, 4.69) is 5.32 Å². The van der Waals surface area contributed by atoms with Crippen LogP contribution >= 0.6 is 0 Å². The second-order valence-electron chi connectivity index (χ2n) is 3.91. The lowest BCUT2D eigenvalue weighted by Gasteiger charge is -2.11. The molecule has 0 aliphatic carbocycles. The van der Waals surface area contributed by atoms with Crippen LogP contribution in [0.1, 0.15) is 18.9 Å². The molecule has 0 saturated heterocycles. The van der Waals surface area contributed by atoms with Crippen molar-refractivity contribution in [2.24, 2.45) is 0 Å². The molecule has 0 bridgehead atoms. The molecule has 1 aromatic rings. The fraction of sp³-hybridized carbons (Fsp3) is 0.333. The van der Waals surface area contributed by atoms with E-state index in [9.17, 15) is 9.59 Å². The van der Waals surface area contributed by atoms with Gasteiger partial charge in [0.15, 0.2) is 0 Å². The third-order valence-electron chi connectivity index (χ3n) is 2.19. The van der Waals surface area contributed by atoms with E-state index in [1.165, 1.54) is 12.1 Å². The lowest BCUT2D eigenvalue weighted by Crippen LogP contribution is -2.35. The monoisotopic (exact) mass is 237 g/mol. The van der Waals surface area contributed by atoms with E-state index in [0.29, 0.717) is 0 Å². The van der Waals surface area contributed by atoms with E-state index in [1.807, 2.05) is 0 Å². The number of carboxylic acids is 1. The van der Waals surface area contributed by atoms with Crippen molar-refractivity contribution in [2.45, 2.75) is 25.8 Å². The lowest BCUT2D eigenvalue weighted by atomic mass is 10.1. The summed E-state index contributed by atoms with van der Waals surface area (Å²) in [6.07, 6.45) is 0.0750. The summed E-state index contributed by atoms with van der Waals surface area (Å²) in [5.41, 5.74) is 0.767. The summed E-state index contributed by atoms with van der Waals surface area (Å²) >= 11 is 0. The quantitative estimate of drug-likeness (QED) is 0.710. The number of benzene rings is 1. The Bertz CT molecular complexity index is 399. The minimum atomic E-state index is -0.942. The maximum atomic E-state index is 11.5. The van der Waals surface area contributed by atoms with Crippen molar-refractivity contribution in [2.75, 3.05) is 0 Å². The standard InChI is InChI=1S/C12H15NO4/c1-8(6-12(16)17)13-11(15)7-9-2-4-10(14)5-3-9/h2-5,8,14H,6-7H2,1H3,(H,13,15)(H,16,17). The highest BCUT2D eigenvalue weighted by atomic mass is 16.4. The van der Waals surface area contributed by atoms with Crippen molar-refractivity contribution in [3.8, 4) is 5.75 Å². The van der Waals surface area contributed by atoms with Gasteiger partial charge in [-0.3, -0.25) is 9.59 Å². The molecule has 0 aliphatic rings. The van der Waals surface area contributed by atoms with Crippen molar-refractivity contribution in [1.82, 2.24) is 5.32 Å². The number of aromatic hydroxyl groups is 1. The van der Waals surface area contributed by atoms with Gasteiger partial charge in [0.25, 0.3) is 0 Å². The number of hydrogen-bond acceptors (Lipinski definition) is 3. The van der Waals surface area contributed by atoms with Crippen LogP contribution in [-0.4, -0.2) is 28.1 Å². The highest BCUT2D eigenvalue weighted by Gasteiger charge is 2.11. The largest absolute Gasteiger partial charge is 0.508 e. The van der Waals surface area contributed by atoms with Gasteiger partial charge < -0.3 is 15.5 Å². The molecule has 0 saturated carbocycles. The summed E-state index contributed by atoms with van der Waals surface area (Å²) in [5, 5.41) is 20.2. The van der Waals surface area contributed by atoms with Crippen molar-refractivity contribution < 1.29 is 19.8 Å². The first-order valence-corrected chi connectivity index (χ1v) is 5.26. The van der Waals surface area contributed by atoms with Gasteiger partial charge in [0.2, 0.25) is 5.91 Å². The molecule has 17 heavy (non-hydrogen) atoms. The van der Waals surface area contributed by atoms with Gasteiger partial charge in [-0.05, 0) is 24.6 Å². The molecule has 0 spiro atoms. The molecule has 0 radical (unpaired) electrons. The SMILES string of the molecule is CC(CC(=O)O)NC(=O)Cc1ccc(O)cc1. The second-order valence-corrected chi connectivity index (χ2v) is 3.91. The van der Waals surface area contributed by atoms with Gasteiger partial charge in [0.05, 0.1) is 12.8 Å². The normalized spacial score (nSPS) is 11.8. The minimum absolute atomic E-state index is 0.0959. The molecule has 0 fully saturated rings. The molecule has 1 atom stereocenters. The Morgan fingerprint density at radius 3 is 2.41 bits per heavy atom. The van der Waals surface area contributed by atoms with Gasteiger partial charge in [0.1, 0.15) is 5.75 Å². The van der Waals surface area contributed by atoms with Gasteiger partial charge in [-0.25, -0.2) is 0 Å². The van der Waals surface area contributed by atoms with Crippen LogP contribution < -0.4 is 5.32 Å². The van der Waals surface area contributed by atoms with Crippen LogP contribution in [0.25, 0.3) is 0 Å². The molecule has 1 amide bonds. The zero-order chi connectivity index (χ0) is 12.8. The number of rotatable bonds is 5. The lowest BCUT2D eigenvalue weighted by molar-refractivity contribution is -0.137. The number of carbonyl (C=O) groups excluding carboxylic acids is 1. The summed E-state index contributed by atoms with van der Waals surface area (Å²) in [4.78, 5) is 21.9. The molecule has 3 N–H and O–H groups in total. The first-order valence-electron chi connectivity index (χ1n) is 5.26. The topological polar surface area (TPSA) is 86.6 Å². The van der Waals surface area contributed by atoms with E-state index in [-0.39, 0.29) is 24.5 Å². The van der Waals surface area contributed by atoms with Crippen molar-refractivity contribution in [3.05, 3.63) is 29.8 Å². The van der Waals surface area contributed by atoms with Crippen LogP contribution in [0.2, 0.25) is 0 Å². The Balaban J connectivity index is 2.44. The fourth-order valence-electron chi connectivity index (χ4n) is 1.44. The van der Waals surface area contributed by atoms with Gasteiger partial charge >= 0.3 is 5.97 Å². The molecule has 1 aromatic carbocycles. The summed E-state index contributed by atoms with van der Waals surface area (Å²) in [6, 6.07) is 5.91. The van der Waals surface area contributed by atoms with Gasteiger partial charge in [-0.2, -0.15) is 0 Å². The molecule has 5 heteroatoms. The smallest absolute Gasteiger partial charge is 0.305 e. The summed E-state index contributed by atoms with van der Waals surface area (Å²) in [6.45, 7) is 1.64. The number of aliphatic carboxylic acids is 1. The first-order chi connectivity index (χ1) is 7.97. The maximum absolute atomic E-state index is 11.5. The van der Waals surface area contributed by atoms with Crippen molar-refractivity contribution >= 4 is 11.9 Å². The fourth-order valence-corrected chi connectivity index (χ4v) is 1.44. The molecule has 1 unspecified atom stereocenters. The van der Waals surface area contributed by atoms with Crippen molar-refractivity contribution in [3.63, 3.8) is 0 Å². The number of nitrogens with one attached hydrogen (secondary N) is 1. The minimum Gasteiger partial charge on any atom is -0.508 e. The third-order valence-corrected chi connectivity index (χ3v) is 2.19. The van der Waals surface area contributed by atoms with E-state index in [4.69, 9.17) is 10.2 Å². The molecular weight excluding hydrogens is 222 g/mol. The Morgan fingerprint density at radius 2 is 1.88 bits per heavy atom. The third kappa shape index (κ3) is 5.01. The van der Waals surface area contributed by atoms with Gasteiger partial charge in [0, 0.05) is 6.04 Å². The Morgan fingerprint density at radius 1 is 1.29 bits per heavy atom. The van der Waals surface area contributed by atoms with Crippen LogP contribution in [0, 0.1) is 0 Å². The second kappa shape index (κ2) is 5.89. The van der Waals surface area contributed by atoms with E-state index < -0.39 is 12.0 Å². The highest BCUT2D eigenvalue weighted by Crippen LogP contribution is 2.10. The zero-order valence-corrected chi connectivity index (χ0v) is 9.51. The summed E-state index contributed by atoms with van der Waals surface area (Å²) in [5.74, 6) is -1.03. The highest BCUT2D eigenvalue weighted by molar-refractivity contribution is 5.79. The summed E-state index contributed by atoms with van der Waals surface area (Å²) < 4.78 is 0. The molecular formula is C12H15NO4. The number of amides is 1. The molecule has 0 aliphatic heterocycles. The molecule has 1 rings (SSSR count). The van der Waals surface area contributed by atoms with E-state index in [0.717, 1.165) is 5.56 Å². The van der Waals surface area contributed by atoms with E-state index in [1.54, 1.807) is 19.1 Å². The van der Waals surface area contributed by atoms with Gasteiger partial charge in [-0.1, -0.05) is 12.1 Å². The predicted octanol–water partition coefficient (Wildman–Crippen LogP) is 0.914. The van der Waals surface area contributed by atoms with Gasteiger partial charge in [-0.15, -0.1) is 0 Å². The predicted molar refractivity (Wildman–Crippen MR) is 61.7 cm³/mol. The maximum Gasteiger partial charge on any atom is 0.305 e. The number of carbonyl (C=O) groups is 2. The molecule has 92 valence electrons. The van der Waals surface area contributed by atoms with Crippen LogP contribution in [0.3, 0.4) is 0 Å². The number of hydrogen-bond donors (Lipinski definition) is 3. The average Bonchev–Trinajstić information content (AvgIpc) is 2.19. The van der Waals surface area contributed by atoms with E-state index >= 15 is 0 Å². The molecule has 5 nitrogen and oxygen atoms in total. The Hall–Kier alpha value is -2.04.